The summed E-state index contributed by atoms with van der Waals surface area (Å²) in [5.41, 5.74) is 1.11. The molecule has 0 unspecified atom stereocenters. The number of hydrogen-bond acceptors (Lipinski definition) is 6. The Labute approximate surface area is 153 Å². The standard InChI is InChI=1S/C18H27FN6O/c1-15-20-21-22-25(15)9-2-8-23-10-11-24(18(14-23)7-12-26)13-16-3-5-17(19)6-4-16/h3-6,18,26H,2,7-14H2,1H3/t18-/m1/s1. The summed E-state index contributed by atoms with van der Waals surface area (Å²) in [6.45, 7) is 7.58. The van der Waals surface area contributed by atoms with Gasteiger partial charge in [0.2, 0.25) is 0 Å². The van der Waals surface area contributed by atoms with Crippen molar-refractivity contribution in [2.45, 2.75) is 38.9 Å². The van der Waals surface area contributed by atoms with Gasteiger partial charge in [0.1, 0.15) is 11.6 Å². The summed E-state index contributed by atoms with van der Waals surface area (Å²) in [4.78, 5) is 4.84. The summed E-state index contributed by atoms with van der Waals surface area (Å²) in [7, 11) is 0. The fourth-order valence-electron chi connectivity index (χ4n) is 3.52. The average molecular weight is 362 g/mol. The molecule has 1 aliphatic rings. The van der Waals surface area contributed by atoms with Crippen LogP contribution in [0.25, 0.3) is 0 Å². The van der Waals surface area contributed by atoms with Gasteiger partial charge in [0.15, 0.2) is 0 Å². The van der Waals surface area contributed by atoms with E-state index in [1.54, 1.807) is 0 Å². The Hall–Kier alpha value is -1.90. The number of halogens is 1. The van der Waals surface area contributed by atoms with Gasteiger partial charge in [-0.1, -0.05) is 12.1 Å². The van der Waals surface area contributed by atoms with E-state index >= 15 is 0 Å². The number of aliphatic hydroxyl groups excluding tert-OH is 1. The predicted molar refractivity (Wildman–Crippen MR) is 95.9 cm³/mol. The van der Waals surface area contributed by atoms with Gasteiger partial charge in [0.05, 0.1) is 0 Å². The van der Waals surface area contributed by atoms with E-state index in [-0.39, 0.29) is 12.4 Å². The van der Waals surface area contributed by atoms with Crippen LogP contribution >= 0.6 is 0 Å². The van der Waals surface area contributed by atoms with Crippen molar-refractivity contribution < 1.29 is 9.50 Å². The number of piperazine rings is 1. The van der Waals surface area contributed by atoms with Gasteiger partial charge in [-0.2, -0.15) is 0 Å². The van der Waals surface area contributed by atoms with Gasteiger partial charge < -0.3 is 10.0 Å². The van der Waals surface area contributed by atoms with Crippen molar-refractivity contribution in [1.29, 1.82) is 0 Å². The highest BCUT2D eigenvalue weighted by atomic mass is 19.1. The maximum Gasteiger partial charge on any atom is 0.148 e. The number of aliphatic hydroxyl groups is 1. The predicted octanol–water partition coefficient (Wildman–Crippen LogP) is 1.08. The van der Waals surface area contributed by atoms with E-state index in [0.717, 1.165) is 63.5 Å². The Kier molecular flexibility index (Phi) is 6.65. The van der Waals surface area contributed by atoms with Crippen LogP contribution in [-0.4, -0.2) is 73.9 Å². The van der Waals surface area contributed by atoms with Crippen LogP contribution in [0.1, 0.15) is 24.2 Å². The molecule has 2 heterocycles. The molecule has 3 rings (SSSR count). The zero-order valence-electron chi connectivity index (χ0n) is 15.3. The van der Waals surface area contributed by atoms with E-state index < -0.39 is 0 Å². The van der Waals surface area contributed by atoms with Crippen molar-refractivity contribution in [2.24, 2.45) is 0 Å². The molecule has 0 bridgehead atoms. The SMILES string of the molecule is Cc1nnnn1CCCN1CCN(Cc2ccc(F)cc2)[C@H](CCO)C1. The molecule has 1 aromatic carbocycles. The van der Waals surface area contributed by atoms with Crippen LogP contribution in [0, 0.1) is 12.7 Å². The van der Waals surface area contributed by atoms with Gasteiger partial charge in [-0.05, 0) is 47.9 Å². The Balaban J connectivity index is 1.50. The van der Waals surface area contributed by atoms with Crippen LogP contribution in [-0.2, 0) is 13.1 Å². The lowest BCUT2D eigenvalue weighted by molar-refractivity contribution is 0.0525. The normalized spacial score (nSPS) is 19.1. The molecule has 7 nitrogen and oxygen atoms in total. The van der Waals surface area contributed by atoms with Gasteiger partial charge in [-0.25, -0.2) is 9.07 Å². The van der Waals surface area contributed by atoms with Gasteiger partial charge in [0.25, 0.3) is 0 Å². The van der Waals surface area contributed by atoms with Crippen molar-refractivity contribution in [3.05, 3.63) is 41.5 Å². The molecule has 0 amide bonds. The molecule has 8 heteroatoms. The van der Waals surface area contributed by atoms with Crippen LogP contribution in [0.4, 0.5) is 4.39 Å². The van der Waals surface area contributed by atoms with Crippen LogP contribution in [0.2, 0.25) is 0 Å². The van der Waals surface area contributed by atoms with Gasteiger partial charge in [-0.15, -0.1) is 5.10 Å². The Bertz CT molecular complexity index is 677. The van der Waals surface area contributed by atoms with Crippen LogP contribution in [0.3, 0.4) is 0 Å². The summed E-state index contributed by atoms with van der Waals surface area (Å²) in [6, 6.07) is 7.01. The summed E-state index contributed by atoms with van der Waals surface area (Å²) < 4.78 is 14.9. The minimum absolute atomic E-state index is 0.183. The molecule has 26 heavy (non-hydrogen) atoms. The summed E-state index contributed by atoms with van der Waals surface area (Å²) in [5, 5.41) is 21.0. The summed E-state index contributed by atoms with van der Waals surface area (Å²) in [6.07, 6.45) is 1.75. The third-order valence-electron chi connectivity index (χ3n) is 5.01. The number of rotatable bonds is 8. The molecule has 1 saturated heterocycles. The van der Waals surface area contributed by atoms with E-state index in [2.05, 4.69) is 25.3 Å². The fourth-order valence-corrected chi connectivity index (χ4v) is 3.52. The molecule has 1 aliphatic heterocycles. The maximum atomic E-state index is 13.1. The first-order valence-corrected chi connectivity index (χ1v) is 9.20. The van der Waals surface area contributed by atoms with Crippen molar-refractivity contribution in [3.63, 3.8) is 0 Å². The smallest absolute Gasteiger partial charge is 0.148 e. The topological polar surface area (TPSA) is 70.3 Å². The highest BCUT2D eigenvalue weighted by molar-refractivity contribution is 5.16. The maximum absolute atomic E-state index is 13.1. The Morgan fingerprint density at radius 1 is 1.19 bits per heavy atom. The number of nitrogens with zero attached hydrogens (tertiary/aromatic N) is 6. The third-order valence-corrected chi connectivity index (χ3v) is 5.01. The second-order valence-corrected chi connectivity index (χ2v) is 6.87. The molecule has 2 aromatic rings. The second-order valence-electron chi connectivity index (χ2n) is 6.87. The lowest BCUT2D eigenvalue weighted by Crippen LogP contribution is -2.53. The van der Waals surface area contributed by atoms with Crippen LogP contribution in [0.5, 0.6) is 0 Å². The quantitative estimate of drug-likeness (QED) is 0.758. The highest BCUT2D eigenvalue weighted by Gasteiger charge is 2.26. The molecule has 0 radical (unpaired) electrons. The molecule has 0 spiro atoms. The first kappa shape index (κ1) is 18.9. The first-order chi connectivity index (χ1) is 12.7. The van der Waals surface area contributed by atoms with Crippen molar-refractivity contribution >= 4 is 0 Å². The molecular formula is C18H27FN6O. The minimum Gasteiger partial charge on any atom is -0.396 e. The monoisotopic (exact) mass is 362 g/mol. The average Bonchev–Trinajstić information content (AvgIpc) is 3.04. The first-order valence-electron chi connectivity index (χ1n) is 9.20. The molecule has 1 aromatic heterocycles. The summed E-state index contributed by atoms with van der Waals surface area (Å²) in [5.74, 6) is 0.635. The van der Waals surface area contributed by atoms with Crippen molar-refractivity contribution in [2.75, 3.05) is 32.8 Å². The molecule has 1 N–H and O–H groups in total. The molecule has 1 atom stereocenters. The van der Waals surface area contributed by atoms with E-state index in [9.17, 15) is 9.50 Å². The molecule has 1 fully saturated rings. The Morgan fingerprint density at radius 2 is 2.00 bits per heavy atom. The van der Waals surface area contributed by atoms with Gasteiger partial charge in [0, 0.05) is 51.9 Å². The Morgan fingerprint density at radius 3 is 2.69 bits per heavy atom. The van der Waals surface area contributed by atoms with Crippen LogP contribution in [0.15, 0.2) is 24.3 Å². The number of hydrogen-bond donors (Lipinski definition) is 1. The number of benzene rings is 1. The molecule has 142 valence electrons. The zero-order valence-corrected chi connectivity index (χ0v) is 15.3. The minimum atomic E-state index is -0.205. The van der Waals surface area contributed by atoms with Gasteiger partial charge in [-0.3, -0.25) is 4.90 Å². The van der Waals surface area contributed by atoms with E-state index in [1.165, 1.54) is 12.1 Å². The third kappa shape index (κ3) is 5.06. The van der Waals surface area contributed by atoms with Crippen molar-refractivity contribution in [1.82, 2.24) is 30.0 Å². The molecular weight excluding hydrogens is 335 g/mol. The lowest BCUT2D eigenvalue weighted by atomic mass is 10.1. The lowest BCUT2D eigenvalue weighted by Gasteiger charge is -2.41. The van der Waals surface area contributed by atoms with Crippen molar-refractivity contribution in [3.8, 4) is 0 Å². The number of aryl methyl sites for hydroxylation is 2. The second kappa shape index (κ2) is 9.16. The van der Waals surface area contributed by atoms with Crippen LogP contribution < -0.4 is 0 Å². The summed E-state index contributed by atoms with van der Waals surface area (Å²) >= 11 is 0. The molecule has 0 saturated carbocycles. The highest BCUT2D eigenvalue weighted by Crippen LogP contribution is 2.17. The van der Waals surface area contributed by atoms with Gasteiger partial charge >= 0.3 is 0 Å². The molecule has 0 aliphatic carbocycles. The number of aromatic nitrogens is 4. The number of tetrazole rings is 1. The zero-order chi connectivity index (χ0) is 18.4. The van der Waals surface area contributed by atoms with E-state index in [0.29, 0.717) is 6.04 Å². The fraction of sp³-hybridized carbons (Fsp3) is 0.611. The largest absolute Gasteiger partial charge is 0.396 e. The van der Waals surface area contributed by atoms with E-state index in [4.69, 9.17) is 0 Å². The van der Waals surface area contributed by atoms with E-state index in [1.807, 2.05) is 23.7 Å².